The smallest absolute Gasteiger partial charge is 0.331 e. The fraction of sp³-hybridized carbons (Fsp3) is 0.692. The zero-order valence-corrected chi connectivity index (χ0v) is 10.6. The molecule has 2 unspecified atom stereocenters. The minimum Gasteiger partial charge on any atom is -0.463 e. The van der Waals surface area contributed by atoms with Crippen LogP contribution in [0.5, 0.6) is 0 Å². The molecule has 1 saturated carbocycles. The summed E-state index contributed by atoms with van der Waals surface area (Å²) in [5.41, 5.74) is 0. The van der Waals surface area contributed by atoms with E-state index >= 15 is 0 Å². The molecular formula is C13H20O4. The molecule has 0 N–H and O–H groups in total. The second kappa shape index (κ2) is 6.42. The van der Waals surface area contributed by atoms with E-state index in [4.69, 9.17) is 4.74 Å². The first-order valence-corrected chi connectivity index (χ1v) is 6.10. The van der Waals surface area contributed by atoms with E-state index in [2.05, 4.69) is 18.6 Å². The summed E-state index contributed by atoms with van der Waals surface area (Å²) >= 11 is 0. The molecule has 0 saturated heterocycles. The Bertz CT molecular complexity index is 299. The minimum absolute atomic E-state index is 0.0330. The van der Waals surface area contributed by atoms with Crippen LogP contribution in [0.2, 0.25) is 0 Å². The molecule has 0 radical (unpaired) electrons. The predicted octanol–water partition coefficient (Wildman–Crippen LogP) is 2.08. The second-order valence-electron chi connectivity index (χ2n) is 4.52. The van der Waals surface area contributed by atoms with Gasteiger partial charge in [-0.05, 0) is 31.6 Å². The molecule has 0 aromatic carbocycles. The molecule has 4 heteroatoms. The Kier molecular flexibility index (Phi) is 5.19. The normalized spacial score (nSPS) is 28.3. The van der Waals surface area contributed by atoms with Crippen LogP contribution in [0.15, 0.2) is 12.2 Å². The van der Waals surface area contributed by atoms with Crippen molar-refractivity contribution in [1.82, 2.24) is 0 Å². The van der Waals surface area contributed by atoms with E-state index in [0.29, 0.717) is 18.4 Å². The molecule has 0 aromatic heterocycles. The topological polar surface area (TPSA) is 52.6 Å². The molecule has 0 aliphatic heterocycles. The predicted molar refractivity (Wildman–Crippen MR) is 63.2 cm³/mol. The van der Waals surface area contributed by atoms with Gasteiger partial charge in [0.1, 0.15) is 6.10 Å². The van der Waals surface area contributed by atoms with Crippen LogP contribution in [-0.2, 0) is 19.1 Å². The summed E-state index contributed by atoms with van der Waals surface area (Å²) in [5, 5.41) is 0. The first kappa shape index (κ1) is 13.7. The van der Waals surface area contributed by atoms with Crippen molar-refractivity contribution in [2.75, 3.05) is 6.61 Å². The molecular weight excluding hydrogens is 220 g/mol. The SMILES string of the molecule is CCOC(=O)/C=C\C(=O)OC1C(C)CCC1C. The van der Waals surface area contributed by atoms with Crippen molar-refractivity contribution in [3.8, 4) is 0 Å². The maximum atomic E-state index is 11.5. The fourth-order valence-corrected chi connectivity index (χ4v) is 2.15. The Morgan fingerprint density at radius 3 is 2.18 bits per heavy atom. The average molecular weight is 240 g/mol. The van der Waals surface area contributed by atoms with Gasteiger partial charge in [0.15, 0.2) is 0 Å². The number of rotatable bonds is 4. The van der Waals surface area contributed by atoms with Crippen molar-refractivity contribution in [2.45, 2.75) is 39.7 Å². The highest BCUT2D eigenvalue weighted by Crippen LogP contribution is 2.32. The summed E-state index contributed by atoms with van der Waals surface area (Å²) in [5.74, 6) is -0.199. The Morgan fingerprint density at radius 1 is 1.12 bits per heavy atom. The molecule has 1 aliphatic carbocycles. The van der Waals surface area contributed by atoms with Gasteiger partial charge in [-0.1, -0.05) is 13.8 Å². The van der Waals surface area contributed by atoms with Crippen LogP contribution in [0.3, 0.4) is 0 Å². The molecule has 0 heterocycles. The molecule has 0 aromatic rings. The maximum Gasteiger partial charge on any atom is 0.331 e. The highest BCUT2D eigenvalue weighted by atomic mass is 16.5. The zero-order valence-electron chi connectivity index (χ0n) is 10.6. The Morgan fingerprint density at radius 2 is 1.65 bits per heavy atom. The fourth-order valence-electron chi connectivity index (χ4n) is 2.15. The number of carbonyl (C=O) groups excluding carboxylic acids is 2. The lowest BCUT2D eigenvalue weighted by atomic mass is 10.0. The summed E-state index contributed by atoms with van der Waals surface area (Å²) in [6, 6.07) is 0. The minimum atomic E-state index is -0.517. The van der Waals surface area contributed by atoms with Gasteiger partial charge in [0, 0.05) is 12.2 Å². The van der Waals surface area contributed by atoms with Crippen LogP contribution in [0.1, 0.15) is 33.6 Å². The number of esters is 2. The monoisotopic (exact) mass is 240 g/mol. The molecule has 1 fully saturated rings. The van der Waals surface area contributed by atoms with Crippen molar-refractivity contribution in [3.63, 3.8) is 0 Å². The lowest BCUT2D eigenvalue weighted by Gasteiger charge is -2.19. The molecule has 1 aliphatic rings. The van der Waals surface area contributed by atoms with Crippen molar-refractivity contribution in [2.24, 2.45) is 11.8 Å². The number of ether oxygens (including phenoxy) is 2. The van der Waals surface area contributed by atoms with E-state index in [0.717, 1.165) is 25.0 Å². The van der Waals surface area contributed by atoms with E-state index in [1.54, 1.807) is 6.92 Å². The van der Waals surface area contributed by atoms with Gasteiger partial charge in [-0.25, -0.2) is 9.59 Å². The van der Waals surface area contributed by atoms with Crippen molar-refractivity contribution in [3.05, 3.63) is 12.2 Å². The first-order chi connectivity index (χ1) is 8.04. The van der Waals surface area contributed by atoms with Gasteiger partial charge in [-0.3, -0.25) is 0 Å². The van der Waals surface area contributed by atoms with Crippen molar-refractivity contribution in [1.29, 1.82) is 0 Å². The van der Waals surface area contributed by atoms with Crippen LogP contribution in [0.4, 0.5) is 0 Å². The van der Waals surface area contributed by atoms with Gasteiger partial charge in [0.2, 0.25) is 0 Å². The molecule has 2 atom stereocenters. The molecule has 0 spiro atoms. The lowest BCUT2D eigenvalue weighted by molar-refractivity contribution is -0.147. The Hall–Kier alpha value is -1.32. The van der Waals surface area contributed by atoms with Crippen LogP contribution in [0.25, 0.3) is 0 Å². The van der Waals surface area contributed by atoms with E-state index in [-0.39, 0.29) is 6.10 Å². The maximum absolute atomic E-state index is 11.5. The van der Waals surface area contributed by atoms with E-state index in [1.165, 1.54) is 0 Å². The highest BCUT2D eigenvalue weighted by molar-refractivity contribution is 5.91. The quantitative estimate of drug-likeness (QED) is 0.557. The Balaban J connectivity index is 2.41. The lowest BCUT2D eigenvalue weighted by Crippen LogP contribution is -2.24. The zero-order chi connectivity index (χ0) is 12.8. The van der Waals surface area contributed by atoms with Gasteiger partial charge in [-0.15, -0.1) is 0 Å². The van der Waals surface area contributed by atoms with E-state index in [1.807, 2.05) is 0 Å². The van der Waals surface area contributed by atoms with Crippen LogP contribution >= 0.6 is 0 Å². The first-order valence-electron chi connectivity index (χ1n) is 6.10. The third kappa shape index (κ3) is 4.21. The largest absolute Gasteiger partial charge is 0.463 e. The summed E-state index contributed by atoms with van der Waals surface area (Å²) in [4.78, 5) is 22.5. The van der Waals surface area contributed by atoms with Crippen LogP contribution in [0, 0.1) is 11.8 Å². The van der Waals surface area contributed by atoms with Crippen LogP contribution < -0.4 is 0 Å². The van der Waals surface area contributed by atoms with E-state index in [9.17, 15) is 9.59 Å². The van der Waals surface area contributed by atoms with Gasteiger partial charge in [-0.2, -0.15) is 0 Å². The summed E-state index contributed by atoms with van der Waals surface area (Å²) in [6.07, 6.45) is 4.38. The standard InChI is InChI=1S/C13H20O4/c1-4-16-11(14)7-8-12(15)17-13-9(2)5-6-10(13)3/h7-10,13H,4-6H2,1-3H3/b8-7-. The van der Waals surface area contributed by atoms with Gasteiger partial charge in [0.25, 0.3) is 0 Å². The third-order valence-corrected chi connectivity index (χ3v) is 3.09. The molecule has 0 amide bonds. The van der Waals surface area contributed by atoms with Crippen LogP contribution in [-0.4, -0.2) is 24.6 Å². The number of hydrogen-bond acceptors (Lipinski definition) is 4. The number of carbonyl (C=O) groups is 2. The Labute approximate surface area is 102 Å². The molecule has 0 bridgehead atoms. The van der Waals surface area contributed by atoms with Gasteiger partial charge >= 0.3 is 11.9 Å². The van der Waals surface area contributed by atoms with Gasteiger partial charge < -0.3 is 9.47 Å². The molecule has 1 rings (SSSR count). The average Bonchev–Trinajstić information content (AvgIpc) is 2.58. The van der Waals surface area contributed by atoms with Crippen molar-refractivity contribution >= 4 is 11.9 Å². The summed E-state index contributed by atoms with van der Waals surface area (Å²) in [6.45, 7) is 6.17. The highest BCUT2D eigenvalue weighted by Gasteiger charge is 2.32. The third-order valence-electron chi connectivity index (χ3n) is 3.09. The molecule has 17 heavy (non-hydrogen) atoms. The van der Waals surface area contributed by atoms with E-state index < -0.39 is 11.9 Å². The summed E-state index contributed by atoms with van der Waals surface area (Å²) in [7, 11) is 0. The van der Waals surface area contributed by atoms with Crippen molar-refractivity contribution < 1.29 is 19.1 Å². The van der Waals surface area contributed by atoms with Gasteiger partial charge in [0.05, 0.1) is 6.61 Å². The number of hydrogen-bond donors (Lipinski definition) is 0. The second-order valence-corrected chi connectivity index (χ2v) is 4.52. The summed E-state index contributed by atoms with van der Waals surface area (Å²) < 4.78 is 10.0. The molecule has 4 nitrogen and oxygen atoms in total. The molecule has 96 valence electrons.